The normalized spacial score (nSPS) is 29.9. The minimum absolute atomic E-state index is 0.0391. The number of ether oxygens (including phenoxy) is 1. The van der Waals surface area contributed by atoms with Crippen LogP contribution in [-0.2, 0) is 9.59 Å². The second kappa shape index (κ2) is 5.68. The van der Waals surface area contributed by atoms with Crippen LogP contribution in [0.3, 0.4) is 0 Å². The van der Waals surface area contributed by atoms with Crippen LogP contribution in [0.1, 0.15) is 19.8 Å². The Balaban J connectivity index is 1.77. The zero-order chi connectivity index (χ0) is 17.7. The topological polar surface area (TPSA) is 89.8 Å². The number of anilines is 1. The summed E-state index contributed by atoms with van der Waals surface area (Å²) in [5.41, 5.74) is -0.246. The van der Waals surface area contributed by atoms with Gasteiger partial charge in [0.25, 0.3) is 5.69 Å². The van der Waals surface area contributed by atoms with Crippen LogP contribution in [0, 0.1) is 33.8 Å². The number of nitro benzene ring substituents is 1. The molecular weight excluding hydrogens is 324 g/mol. The molecule has 5 rings (SSSR count). The Hall–Kier alpha value is -2.70. The summed E-state index contributed by atoms with van der Waals surface area (Å²) in [5.74, 6) is -0.958. The molecule has 4 atom stereocenters. The summed E-state index contributed by atoms with van der Waals surface area (Å²) >= 11 is 0. The lowest BCUT2D eigenvalue weighted by Crippen LogP contribution is -2.38. The molecule has 0 N–H and O–H groups in total. The lowest BCUT2D eigenvalue weighted by atomic mass is 9.63. The van der Waals surface area contributed by atoms with E-state index in [0.29, 0.717) is 12.4 Å². The third-order valence-corrected chi connectivity index (χ3v) is 5.45. The van der Waals surface area contributed by atoms with Crippen molar-refractivity contribution in [1.82, 2.24) is 0 Å². The molecule has 2 bridgehead atoms. The summed E-state index contributed by atoms with van der Waals surface area (Å²) in [6.45, 7) is 2.15. The van der Waals surface area contributed by atoms with E-state index in [1.165, 1.54) is 12.1 Å². The number of imide groups is 1. The van der Waals surface area contributed by atoms with Gasteiger partial charge >= 0.3 is 0 Å². The third kappa shape index (κ3) is 2.26. The van der Waals surface area contributed by atoms with Gasteiger partial charge in [-0.2, -0.15) is 0 Å². The van der Waals surface area contributed by atoms with Crippen molar-refractivity contribution in [3.63, 3.8) is 0 Å². The van der Waals surface area contributed by atoms with Gasteiger partial charge in [-0.25, -0.2) is 4.90 Å². The van der Waals surface area contributed by atoms with Gasteiger partial charge in [-0.15, -0.1) is 0 Å². The van der Waals surface area contributed by atoms with Gasteiger partial charge in [-0.05, 0) is 43.7 Å². The van der Waals surface area contributed by atoms with Crippen LogP contribution in [0.25, 0.3) is 0 Å². The molecule has 0 unspecified atom stereocenters. The number of rotatable bonds is 4. The predicted molar refractivity (Wildman–Crippen MR) is 89.1 cm³/mol. The lowest BCUT2D eigenvalue weighted by Gasteiger charge is -2.38. The zero-order valence-corrected chi connectivity index (χ0v) is 13.8. The number of hydrogen-bond acceptors (Lipinski definition) is 5. The predicted octanol–water partition coefficient (Wildman–Crippen LogP) is 2.70. The van der Waals surface area contributed by atoms with E-state index < -0.39 is 4.92 Å². The molecule has 3 aliphatic carbocycles. The Morgan fingerprint density at radius 3 is 2.24 bits per heavy atom. The summed E-state index contributed by atoms with van der Waals surface area (Å²) in [4.78, 5) is 37.8. The molecule has 1 aliphatic heterocycles. The smallest absolute Gasteiger partial charge is 0.297 e. The second-order valence-corrected chi connectivity index (χ2v) is 6.69. The second-order valence-electron chi connectivity index (χ2n) is 6.69. The van der Waals surface area contributed by atoms with E-state index in [4.69, 9.17) is 4.74 Å². The van der Waals surface area contributed by atoms with Crippen LogP contribution < -0.4 is 9.64 Å². The number of carbonyl (C=O) groups excluding carboxylic acids is 2. The molecule has 2 amide bonds. The van der Waals surface area contributed by atoms with Gasteiger partial charge in [-0.1, -0.05) is 12.2 Å². The van der Waals surface area contributed by atoms with E-state index in [0.717, 1.165) is 17.7 Å². The molecule has 25 heavy (non-hydrogen) atoms. The Morgan fingerprint density at radius 1 is 1.16 bits per heavy atom. The molecule has 0 spiro atoms. The van der Waals surface area contributed by atoms with Crippen LogP contribution in [-0.4, -0.2) is 23.3 Å². The van der Waals surface area contributed by atoms with Crippen molar-refractivity contribution in [1.29, 1.82) is 0 Å². The molecule has 130 valence electrons. The number of nitro groups is 1. The number of nitrogens with zero attached hydrogens (tertiary/aromatic N) is 2. The molecular formula is C18H18N2O5. The van der Waals surface area contributed by atoms with Crippen LogP contribution >= 0.6 is 0 Å². The van der Waals surface area contributed by atoms with Crippen molar-refractivity contribution in [2.45, 2.75) is 19.8 Å². The average Bonchev–Trinajstić information content (AvgIpc) is 2.89. The minimum atomic E-state index is -0.576. The van der Waals surface area contributed by atoms with Crippen molar-refractivity contribution < 1.29 is 19.2 Å². The molecule has 7 heteroatoms. The maximum Gasteiger partial charge on any atom is 0.297 e. The van der Waals surface area contributed by atoms with E-state index in [1.54, 1.807) is 13.0 Å². The van der Waals surface area contributed by atoms with E-state index >= 15 is 0 Å². The zero-order valence-electron chi connectivity index (χ0n) is 13.8. The van der Waals surface area contributed by atoms with Crippen molar-refractivity contribution in [2.75, 3.05) is 11.5 Å². The molecule has 4 aliphatic rings. The summed E-state index contributed by atoms with van der Waals surface area (Å²) in [7, 11) is 0. The first-order valence-electron chi connectivity index (χ1n) is 8.50. The van der Waals surface area contributed by atoms with Gasteiger partial charge in [0, 0.05) is 0 Å². The molecule has 1 heterocycles. The van der Waals surface area contributed by atoms with Gasteiger partial charge in [0.15, 0.2) is 0 Å². The van der Waals surface area contributed by atoms with Crippen LogP contribution in [0.4, 0.5) is 11.4 Å². The molecule has 0 aromatic heterocycles. The SMILES string of the molecule is CCOc1ccc(N2C(=O)[C@@H]3[C@H](C2=O)[C@@H]2C=C[C@H]3CC2)c([N+](=O)[O-])c1. The van der Waals surface area contributed by atoms with Crippen molar-refractivity contribution in [3.8, 4) is 5.75 Å². The van der Waals surface area contributed by atoms with Gasteiger partial charge in [0.2, 0.25) is 11.8 Å². The van der Waals surface area contributed by atoms with Gasteiger partial charge < -0.3 is 4.74 Å². The number of amides is 2. The quantitative estimate of drug-likeness (QED) is 0.363. The molecule has 0 radical (unpaired) electrons. The fourth-order valence-corrected chi connectivity index (χ4v) is 4.41. The molecule has 1 aromatic carbocycles. The largest absolute Gasteiger partial charge is 0.494 e. The molecule has 1 aromatic rings. The number of benzene rings is 1. The van der Waals surface area contributed by atoms with E-state index in [9.17, 15) is 19.7 Å². The standard InChI is InChI=1S/C18H18N2O5/c1-2-25-12-7-8-13(14(9-12)20(23)24)19-17(21)15-10-3-4-11(6-5-10)16(15)18(19)22/h3-4,7-11,15-16H,2,5-6H2,1H3/t10-,11+,15-,16+. The Labute approximate surface area is 144 Å². The molecule has 2 fully saturated rings. The summed E-state index contributed by atoms with van der Waals surface area (Å²) in [6.07, 6.45) is 5.83. The Bertz CT molecular complexity index is 771. The van der Waals surface area contributed by atoms with Crippen LogP contribution in [0.2, 0.25) is 0 Å². The summed E-state index contributed by atoms with van der Waals surface area (Å²) < 4.78 is 5.30. The maximum absolute atomic E-state index is 12.9. The van der Waals surface area contributed by atoms with Crippen LogP contribution in [0.15, 0.2) is 30.4 Å². The highest BCUT2D eigenvalue weighted by molar-refractivity contribution is 6.23. The average molecular weight is 342 g/mol. The summed E-state index contributed by atoms with van der Waals surface area (Å²) in [5, 5.41) is 11.5. The first-order valence-corrected chi connectivity index (χ1v) is 8.50. The fourth-order valence-electron chi connectivity index (χ4n) is 4.41. The number of fused-ring (bicyclic) bond motifs is 1. The van der Waals surface area contributed by atoms with E-state index in [-0.39, 0.29) is 46.9 Å². The highest BCUT2D eigenvalue weighted by Gasteiger charge is 2.57. The highest BCUT2D eigenvalue weighted by Crippen LogP contribution is 2.51. The van der Waals surface area contributed by atoms with Gasteiger partial charge in [0.1, 0.15) is 11.4 Å². The van der Waals surface area contributed by atoms with E-state index in [1.807, 2.05) is 12.2 Å². The highest BCUT2D eigenvalue weighted by atomic mass is 16.6. The van der Waals surface area contributed by atoms with Gasteiger partial charge in [-0.3, -0.25) is 19.7 Å². The Morgan fingerprint density at radius 2 is 1.76 bits per heavy atom. The van der Waals surface area contributed by atoms with Crippen LogP contribution in [0.5, 0.6) is 5.75 Å². The number of hydrogen-bond donors (Lipinski definition) is 0. The molecule has 7 nitrogen and oxygen atoms in total. The summed E-state index contributed by atoms with van der Waals surface area (Å²) in [6, 6.07) is 4.26. The third-order valence-electron chi connectivity index (χ3n) is 5.45. The first-order chi connectivity index (χ1) is 12.0. The minimum Gasteiger partial charge on any atom is -0.494 e. The molecule has 1 saturated carbocycles. The molecule has 1 saturated heterocycles. The maximum atomic E-state index is 12.9. The van der Waals surface area contributed by atoms with Crippen molar-refractivity contribution in [2.24, 2.45) is 23.7 Å². The number of carbonyl (C=O) groups is 2. The van der Waals surface area contributed by atoms with Gasteiger partial charge in [0.05, 0.1) is 29.4 Å². The van der Waals surface area contributed by atoms with E-state index in [2.05, 4.69) is 0 Å². The van der Waals surface area contributed by atoms with Crippen molar-refractivity contribution in [3.05, 3.63) is 40.5 Å². The van der Waals surface area contributed by atoms with Crippen molar-refractivity contribution >= 4 is 23.2 Å². The number of allylic oxidation sites excluding steroid dienone is 2. The monoisotopic (exact) mass is 342 g/mol. The fraction of sp³-hybridized carbons (Fsp3) is 0.444. The Kier molecular flexibility index (Phi) is 3.59. The first kappa shape index (κ1) is 15.8. The lowest BCUT2D eigenvalue weighted by molar-refractivity contribution is -0.384.